The highest BCUT2D eigenvalue weighted by molar-refractivity contribution is 5.91. The van der Waals surface area contributed by atoms with Gasteiger partial charge in [0.2, 0.25) is 11.8 Å². The summed E-state index contributed by atoms with van der Waals surface area (Å²) in [4.78, 5) is 27.9. The Hall–Kier alpha value is -2.08. The van der Waals surface area contributed by atoms with Crippen LogP contribution in [0, 0.1) is 6.92 Å². The minimum atomic E-state index is -0.220. The molecule has 0 bridgehead atoms. The van der Waals surface area contributed by atoms with Crippen LogP contribution in [0.4, 0.5) is 0 Å². The second-order valence-corrected chi connectivity index (χ2v) is 6.64. The molecule has 130 valence electrons. The summed E-state index contributed by atoms with van der Waals surface area (Å²) >= 11 is 0. The molecule has 0 saturated carbocycles. The molecule has 0 unspecified atom stereocenters. The molecule has 0 spiro atoms. The van der Waals surface area contributed by atoms with Crippen LogP contribution in [0.3, 0.4) is 0 Å². The van der Waals surface area contributed by atoms with Gasteiger partial charge in [0.25, 0.3) is 0 Å². The maximum absolute atomic E-state index is 12.3. The minimum absolute atomic E-state index is 0.00961. The zero-order chi connectivity index (χ0) is 17.1. The van der Waals surface area contributed by atoms with Gasteiger partial charge in [0.15, 0.2) is 0 Å². The van der Waals surface area contributed by atoms with Crippen LogP contribution < -0.4 is 5.73 Å². The Morgan fingerprint density at radius 3 is 2.58 bits per heavy atom. The van der Waals surface area contributed by atoms with Crippen LogP contribution >= 0.6 is 0 Å². The first-order chi connectivity index (χ1) is 11.5. The Morgan fingerprint density at radius 2 is 1.96 bits per heavy atom. The second-order valence-electron chi connectivity index (χ2n) is 6.64. The SMILES string of the molecule is Cc1ccc(/C=C/C(=O)N2CCC(N3CCC[C@@H]3C(N)=O)CC2)o1. The van der Waals surface area contributed by atoms with Crippen molar-refractivity contribution in [2.45, 2.75) is 44.7 Å². The molecule has 0 radical (unpaired) electrons. The van der Waals surface area contributed by atoms with Crippen molar-refractivity contribution in [1.82, 2.24) is 9.80 Å². The molecule has 1 atom stereocenters. The first-order valence-corrected chi connectivity index (χ1v) is 8.63. The summed E-state index contributed by atoms with van der Waals surface area (Å²) in [6.45, 7) is 4.24. The summed E-state index contributed by atoms with van der Waals surface area (Å²) in [6.07, 6.45) is 6.95. The van der Waals surface area contributed by atoms with Gasteiger partial charge < -0.3 is 15.1 Å². The predicted molar refractivity (Wildman–Crippen MR) is 91.0 cm³/mol. The highest BCUT2D eigenvalue weighted by Gasteiger charge is 2.36. The molecule has 0 aliphatic carbocycles. The van der Waals surface area contributed by atoms with Crippen LogP contribution in [0.2, 0.25) is 0 Å². The van der Waals surface area contributed by atoms with E-state index in [4.69, 9.17) is 10.2 Å². The van der Waals surface area contributed by atoms with Gasteiger partial charge >= 0.3 is 0 Å². The molecule has 0 aromatic carbocycles. The fourth-order valence-electron chi connectivity index (χ4n) is 3.75. The number of carbonyl (C=O) groups is 2. The van der Waals surface area contributed by atoms with Gasteiger partial charge in [0.05, 0.1) is 6.04 Å². The van der Waals surface area contributed by atoms with Gasteiger partial charge in [-0.05, 0) is 57.4 Å². The van der Waals surface area contributed by atoms with E-state index >= 15 is 0 Å². The number of hydrogen-bond acceptors (Lipinski definition) is 4. The van der Waals surface area contributed by atoms with E-state index in [1.807, 2.05) is 24.0 Å². The van der Waals surface area contributed by atoms with Crippen molar-refractivity contribution >= 4 is 17.9 Å². The maximum Gasteiger partial charge on any atom is 0.246 e. The fourth-order valence-corrected chi connectivity index (χ4v) is 3.75. The summed E-state index contributed by atoms with van der Waals surface area (Å²) in [5.74, 6) is 1.31. The number of likely N-dealkylation sites (tertiary alicyclic amines) is 2. The minimum Gasteiger partial charge on any atom is -0.462 e. The van der Waals surface area contributed by atoms with E-state index in [2.05, 4.69) is 4.90 Å². The number of nitrogens with two attached hydrogens (primary N) is 1. The Bertz CT molecular complexity index is 629. The Kier molecular flexibility index (Phi) is 5.04. The lowest BCUT2D eigenvalue weighted by molar-refractivity contribution is -0.129. The largest absolute Gasteiger partial charge is 0.462 e. The lowest BCUT2D eigenvalue weighted by Crippen LogP contribution is -2.51. The summed E-state index contributed by atoms with van der Waals surface area (Å²) in [5, 5.41) is 0. The summed E-state index contributed by atoms with van der Waals surface area (Å²) in [7, 11) is 0. The molecular weight excluding hydrogens is 306 g/mol. The molecule has 1 aromatic rings. The molecule has 2 aliphatic rings. The average Bonchev–Trinajstić information content (AvgIpc) is 3.21. The van der Waals surface area contributed by atoms with Gasteiger partial charge in [-0.3, -0.25) is 14.5 Å². The van der Waals surface area contributed by atoms with Gasteiger partial charge in [-0.2, -0.15) is 0 Å². The van der Waals surface area contributed by atoms with Crippen LogP contribution in [0.25, 0.3) is 6.08 Å². The molecular formula is C18H25N3O3. The molecule has 1 aromatic heterocycles. The van der Waals surface area contributed by atoms with Crippen molar-refractivity contribution < 1.29 is 14.0 Å². The number of furan rings is 1. The van der Waals surface area contributed by atoms with E-state index in [0.29, 0.717) is 24.9 Å². The third-order valence-electron chi connectivity index (χ3n) is 5.02. The third-order valence-corrected chi connectivity index (χ3v) is 5.02. The molecule has 6 heteroatoms. The number of piperidine rings is 1. The summed E-state index contributed by atoms with van der Waals surface area (Å²) < 4.78 is 5.43. The second kappa shape index (κ2) is 7.21. The highest BCUT2D eigenvalue weighted by Crippen LogP contribution is 2.26. The number of rotatable bonds is 4. The quantitative estimate of drug-likeness (QED) is 0.849. The van der Waals surface area contributed by atoms with Gasteiger partial charge in [0, 0.05) is 25.2 Å². The van der Waals surface area contributed by atoms with Gasteiger partial charge in [-0.1, -0.05) is 0 Å². The number of carbonyl (C=O) groups excluding carboxylic acids is 2. The average molecular weight is 331 g/mol. The van der Waals surface area contributed by atoms with Crippen LogP contribution in [0.1, 0.15) is 37.2 Å². The standard InChI is InChI=1S/C18H25N3O3/c1-13-4-5-15(24-13)6-7-17(22)20-11-8-14(9-12-20)21-10-2-3-16(21)18(19)23/h4-7,14,16H,2-3,8-12H2,1H3,(H2,19,23)/b7-6+/t16-/m1/s1. The van der Waals surface area contributed by atoms with Gasteiger partial charge in [0.1, 0.15) is 11.5 Å². The first-order valence-electron chi connectivity index (χ1n) is 8.63. The van der Waals surface area contributed by atoms with Crippen molar-refractivity contribution in [3.8, 4) is 0 Å². The molecule has 3 heterocycles. The van der Waals surface area contributed by atoms with Crippen LogP contribution in [0.5, 0.6) is 0 Å². The number of primary amides is 1. The Labute approximate surface area is 142 Å². The fraction of sp³-hybridized carbons (Fsp3) is 0.556. The molecule has 6 nitrogen and oxygen atoms in total. The van der Waals surface area contributed by atoms with E-state index in [0.717, 1.165) is 38.0 Å². The lowest BCUT2D eigenvalue weighted by Gasteiger charge is -2.38. The van der Waals surface area contributed by atoms with Crippen LogP contribution in [-0.2, 0) is 9.59 Å². The molecule has 2 saturated heterocycles. The van der Waals surface area contributed by atoms with Crippen molar-refractivity contribution in [2.24, 2.45) is 5.73 Å². The van der Waals surface area contributed by atoms with Gasteiger partial charge in [-0.25, -0.2) is 0 Å². The van der Waals surface area contributed by atoms with Crippen molar-refractivity contribution in [2.75, 3.05) is 19.6 Å². The van der Waals surface area contributed by atoms with Crippen molar-refractivity contribution in [1.29, 1.82) is 0 Å². The molecule has 3 rings (SSSR count). The predicted octanol–water partition coefficient (Wildman–Crippen LogP) is 1.54. The molecule has 2 fully saturated rings. The number of nitrogens with zero attached hydrogens (tertiary/aromatic N) is 2. The highest BCUT2D eigenvalue weighted by atomic mass is 16.3. The summed E-state index contributed by atoms with van der Waals surface area (Å²) in [6, 6.07) is 3.95. The normalized spacial score (nSPS) is 23.2. The van der Waals surface area contributed by atoms with Crippen LogP contribution in [0.15, 0.2) is 22.6 Å². The van der Waals surface area contributed by atoms with Crippen molar-refractivity contribution in [3.05, 3.63) is 29.7 Å². The Morgan fingerprint density at radius 1 is 1.21 bits per heavy atom. The van der Waals surface area contributed by atoms with E-state index in [-0.39, 0.29) is 17.9 Å². The molecule has 24 heavy (non-hydrogen) atoms. The molecule has 2 aliphatic heterocycles. The zero-order valence-electron chi connectivity index (χ0n) is 14.1. The summed E-state index contributed by atoms with van der Waals surface area (Å²) in [5.41, 5.74) is 5.50. The lowest BCUT2D eigenvalue weighted by atomic mass is 10.0. The number of aryl methyl sites for hydroxylation is 1. The van der Waals surface area contributed by atoms with E-state index < -0.39 is 0 Å². The smallest absolute Gasteiger partial charge is 0.246 e. The molecule has 2 N–H and O–H groups in total. The third kappa shape index (κ3) is 3.70. The van der Waals surface area contributed by atoms with E-state index in [9.17, 15) is 9.59 Å². The maximum atomic E-state index is 12.3. The van der Waals surface area contributed by atoms with Crippen LogP contribution in [-0.4, -0.2) is 53.3 Å². The van der Waals surface area contributed by atoms with Crippen molar-refractivity contribution in [3.63, 3.8) is 0 Å². The molecule has 2 amide bonds. The topological polar surface area (TPSA) is 79.8 Å². The van der Waals surface area contributed by atoms with Gasteiger partial charge in [-0.15, -0.1) is 0 Å². The monoisotopic (exact) mass is 331 g/mol. The van der Waals surface area contributed by atoms with E-state index in [1.165, 1.54) is 0 Å². The Balaban J connectivity index is 1.52. The number of amides is 2. The first kappa shape index (κ1) is 16.8. The van der Waals surface area contributed by atoms with E-state index in [1.54, 1.807) is 12.2 Å². The zero-order valence-corrected chi connectivity index (χ0v) is 14.1. The number of hydrogen-bond donors (Lipinski definition) is 1.